The average Bonchev–Trinajstić information content (AvgIpc) is 3.30. The molecule has 0 amide bonds. The normalized spacial score (nSPS) is 13.2. The zero-order valence-electron chi connectivity index (χ0n) is 44.8. The van der Waals surface area contributed by atoms with Crippen molar-refractivity contribution in [1.29, 1.82) is 0 Å². The van der Waals surface area contributed by atoms with E-state index in [0.717, 1.165) is 83.5 Å². The van der Waals surface area contributed by atoms with Crippen molar-refractivity contribution in [2.24, 2.45) is 0 Å². The summed E-state index contributed by atoms with van der Waals surface area (Å²) in [5.74, 6) is -2.01. The van der Waals surface area contributed by atoms with Crippen molar-refractivity contribution >= 4 is 17.9 Å². The summed E-state index contributed by atoms with van der Waals surface area (Å²) in [6.45, 7) is 4.76. The van der Waals surface area contributed by atoms with Gasteiger partial charge in [-0.2, -0.15) is 0 Å². The van der Waals surface area contributed by atoms with Gasteiger partial charge in [0.1, 0.15) is 13.2 Å². The summed E-state index contributed by atoms with van der Waals surface area (Å²) in [7, 11) is 5.96. The van der Waals surface area contributed by atoms with Crippen molar-refractivity contribution in [2.75, 3.05) is 47.5 Å². The monoisotopic (exact) mass is 957 g/mol. The third-order valence-corrected chi connectivity index (χ3v) is 12.0. The molecule has 2 atom stereocenters. The lowest BCUT2D eigenvalue weighted by Crippen LogP contribution is -2.40. The lowest BCUT2D eigenvalue weighted by molar-refractivity contribution is -0.870. The predicted octanol–water partition coefficient (Wildman–Crippen LogP) is 16.1. The maximum absolute atomic E-state index is 12.9. The van der Waals surface area contributed by atoms with Gasteiger partial charge in [0.2, 0.25) is 0 Å². The zero-order valence-corrected chi connectivity index (χ0v) is 44.8. The van der Waals surface area contributed by atoms with Crippen molar-refractivity contribution in [3.63, 3.8) is 0 Å². The van der Waals surface area contributed by atoms with Gasteiger partial charge >= 0.3 is 17.9 Å². The van der Waals surface area contributed by atoms with Gasteiger partial charge in [-0.3, -0.25) is 9.59 Å². The van der Waals surface area contributed by atoms with Gasteiger partial charge in [0.15, 0.2) is 6.10 Å². The second kappa shape index (κ2) is 50.4. The van der Waals surface area contributed by atoms with E-state index in [0.29, 0.717) is 17.4 Å². The number of carboxylic acids is 1. The summed E-state index contributed by atoms with van der Waals surface area (Å²) in [5, 5.41) is 9.68. The van der Waals surface area contributed by atoms with Crippen LogP contribution in [0.1, 0.15) is 239 Å². The molecule has 0 saturated heterocycles. The number of hydrogen-bond acceptors (Lipinski definition) is 7. The van der Waals surface area contributed by atoms with Crippen LogP contribution in [0.3, 0.4) is 0 Å². The highest BCUT2D eigenvalue weighted by Crippen LogP contribution is 2.16. The molecule has 0 spiro atoms. The highest BCUT2D eigenvalue weighted by molar-refractivity contribution is 5.71. The number of carbonyl (C=O) groups excluding carboxylic acids is 2. The van der Waals surface area contributed by atoms with Crippen molar-refractivity contribution in [1.82, 2.24) is 0 Å². The van der Waals surface area contributed by atoms with Crippen LogP contribution in [0.25, 0.3) is 0 Å². The van der Waals surface area contributed by atoms with Crippen LogP contribution in [0.5, 0.6) is 0 Å². The number of unbranched alkanes of at least 4 members (excludes halogenated alkanes) is 26. The van der Waals surface area contributed by atoms with Gasteiger partial charge in [0.25, 0.3) is 6.29 Å². The number of rotatable bonds is 51. The van der Waals surface area contributed by atoms with Crippen LogP contribution in [0, 0.1) is 0 Å². The summed E-state index contributed by atoms with van der Waals surface area (Å²) < 4.78 is 22.8. The highest BCUT2D eigenvalue weighted by atomic mass is 16.7. The first-order valence-corrected chi connectivity index (χ1v) is 28.0. The average molecular weight is 957 g/mol. The number of nitrogens with zero attached hydrogens (tertiary/aromatic N) is 1. The fourth-order valence-corrected chi connectivity index (χ4v) is 7.71. The second-order valence-electron chi connectivity index (χ2n) is 19.9. The molecule has 0 aromatic rings. The molecule has 0 aliphatic rings. The van der Waals surface area contributed by atoms with E-state index in [1.54, 1.807) is 0 Å². The third-order valence-electron chi connectivity index (χ3n) is 12.0. The summed E-state index contributed by atoms with van der Waals surface area (Å²) in [5.41, 5.74) is 0. The summed E-state index contributed by atoms with van der Waals surface area (Å²) >= 11 is 0. The Labute approximate surface area is 418 Å². The number of carbonyl (C=O) groups is 3. The Bertz CT molecular complexity index is 1300. The van der Waals surface area contributed by atoms with Gasteiger partial charge < -0.3 is 28.5 Å². The van der Waals surface area contributed by atoms with E-state index in [4.69, 9.17) is 18.9 Å². The second-order valence-corrected chi connectivity index (χ2v) is 19.9. The largest absolute Gasteiger partial charge is 0.477 e. The van der Waals surface area contributed by atoms with E-state index >= 15 is 0 Å². The molecule has 0 bridgehead atoms. The lowest BCUT2D eigenvalue weighted by Gasteiger charge is -2.25. The molecule has 0 aliphatic carbocycles. The molecule has 0 aliphatic heterocycles. The van der Waals surface area contributed by atoms with Crippen molar-refractivity contribution < 1.29 is 42.9 Å². The maximum Gasteiger partial charge on any atom is 0.361 e. The number of aliphatic carboxylic acids is 1. The summed E-state index contributed by atoms with van der Waals surface area (Å²) in [4.78, 5) is 37.3. The van der Waals surface area contributed by atoms with Crippen LogP contribution in [-0.2, 0) is 33.3 Å². The number of likely N-dealkylation sites (N-methyl/N-ethyl adjacent to an activating group) is 1. The number of carboxylic acid groups (broad SMARTS) is 1. The van der Waals surface area contributed by atoms with Gasteiger partial charge in [-0.25, -0.2) is 4.79 Å². The predicted molar refractivity (Wildman–Crippen MR) is 286 cm³/mol. The Hall–Kier alpha value is -3.01. The SMILES string of the molecule is CC/C=C\C/C=C\C/C=C\C/C=C\CCCCCCCCCCCCCCCCCCC(=O)OC(COC(=O)CCCCCCC/C=C\CCCCCCC)COC(OCC[N+](C)(C)C)C(=O)O. The maximum atomic E-state index is 12.9. The third kappa shape index (κ3) is 50.9. The molecule has 0 rings (SSSR count). The van der Waals surface area contributed by atoms with E-state index < -0.39 is 24.3 Å². The van der Waals surface area contributed by atoms with Crippen LogP contribution in [-0.4, -0.2) is 87.4 Å². The van der Waals surface area contributed by atoms with Gasteiger partial charge in [-0.15, -0.1) is 0 Å². The Morgan fingerprint density at radius 1 is 0.456 bits per heavy atom. The van der Waals surface area contributed by atoms with Gasteiger partial charge in [0, 0.05) is 12.8 Å². The number of esters is 2. The lowest BCUT2D eigenvalue weighted by atomic mass is 10.0. The quantitative estimate of drug-likeness (QED) is 0.0211. The number of allylic oxidation sites excluding steroid dienone is 10. The first kappa shape index (κ1) is 65.0. The van der Waals surface area contributed by atoms with Gasteiger partial charge in [-0.05, 0) is 77.0 Å². The molecule has 0 aromatic heterocycles. The molecule has 9 nitrogen and oxygen atoms in total. The van der Waals surface area contributed by atoms with E-state index in [1.807, 2.05) is 21.1 Å². The van der Waals surface area contributed by atoms with Crippen LogP contribution < -0.4 is 0 Å². The minimum atomic E-state index is -1.51. The molecule has 9 heteroatoms. The molecule has 0 fully saturated rings. The summed E-state index contributed by atoms with van der Waals surface area (Å²) in [6.07, 6.45) is 60.1. The Morgan fingerprint density at radius 3 is 1.26 bits per heavy atom. The number of ether oxygens (including phenoxy) is 4. The van der Waals surface area contributed by atoms with Crippen molar-refractivity contribution in [2.45, 2.75) is 251 Å². The van der Waals surface area contributed by atoms with Crippen LogP contribution in [0.15, 0.2) is 60.8 Å². The number of hydrogen-bond donors (Lipinski definition) is 1. The zero-order chi connectivity index (χ0) is 49.9. The minimum Gasteiger partial charge on any atom is -0.477 e. The standard InChI is InChI=1S/C59H105NO8/c1-6-8-10-12-14-16-18-20-22-23-24-25-26-27-28-29-30-31-32-33-34-35-36-38-40-42-44-46-48-50-57(62)68-55(54-67-59(58(63)64)65-52-51-60(3,4)5)53-66-56(61)49-47-45-43-41-39-37-21-19-17-15-13-11-9-7-2/h8,10,14,16,19-22,24-25,55,59H,6-7,9,11-13,15,17-18,23,26-54H2,1-5H3/p+1/b10-8-,16-14-,21-19-,22-20-,25-24-. The topological polar surface area (TPSA) is 108 Å². The number of quaternary nitrogens is 1. The van der Waals surface area contributed by atoms with Gasteiger partial charge in [0.05, 0.1) is 34.4 Å². The molecule has 1 N–H and O–H groups in total. The molecule has 0 heterocycles. The van der Waals surface area contributed by atoms with Crippen molar-refractivity contribution in [3.05, 3.63) is 60.8 Å². The molecule has 394 valence electrons. The van der Waals surface area contributed by atoms with Crippen molar-refractivity contribution in [3.8, 4) is 0 Å². The van der Waals surface area contributed by atoms with Crippen LogP contribution in [0.4, 0.5) is 0 Å². The van der Waals surface area contributed by atoms with E-state index in [9.17, 15) is 19.5 Å². The molecular formula is C59H106NO8+. The summed E-state index contributed by atoms with van der Waals surface area (Å²) in [6, 6.07) is 0. The highest BCUT2D eigenvalue weighted by Gasteiger charge is 2.25. The Kier molecular flexibility index (Phi) is 48.2. The van der Waals surface area contributed by atoms with E-state index in [2.05, 4.69) is 74.6 Å². The molecule has 68 heavy (non-hydrogen) atoms. The molecular weight excluding hydrogens is 851 g/mol. The van der Waals surface area contributed by atoms with E-state index in [1.165, 1.54) is 128 Å². The van der Waals surface area contributed by atoms with Crippen LogP contribution >= 0.6 is 0 Å². The molecule has 0 radical (unpaired) electrons. The van der Waals surface area contributed by atoms with E-state index in [-0.39, 0.29) is 32.2 Å². The fraction of sp³-hybridized carbons (Fsp3) is 0.780. The fourth-order valence-electron chi connectivity index (χ4n) is 7.71. The Balaban J connectivity index is 4.18. The first-order chi connectivity index (χ1) is 33.1. The molecule has 0 aromatic carbocycles. The molecule has 2 unspecified atom stereocenters. The Morgan fingerprint density at radius 2 is 0.838 bits per heavy atom. The van der Waals surface area contributed by atoms with Crippen LogP contribution in [0.2, 0.25) is 0 Å². The first-order valence-electron chi connectivity index (χ1n) is 28.0. The minimum absolute atomic E-state index is 0.186. The molecule has 0 saturated carbocycles. The van der Waals surface area contributed by atoms with Gasteiger partial charge in [-0.1, -0.05) is 209 Å². The smallest absolute Gasteiger partial charge is 0.361 e.